The number of halogens is 3. The third-order valence-corrected chi connectivity index (χ3v) is 5.93. The van der Waals surface area contributed by atoms with E-state index < -0.39 is 0 Å². The molecule has 1 aromatic carbocycles. The lowest BCUT2D eigenvalue weighted by molar-refractivity contribution is 0.00987. The smallest absolute Gasteiger partial charge is 0.193 e. The van der Waals surface area contributed by atoms with Gasteiger partial charge in [0, 0.05) is 52.4 Å². The molecule has 0 aliphatic carbocycles. The predicted molar refractivity (Wildman–Crippen MR) is 133 cm³/mol. The first-order valence-corrected chi connectivity index (χ1v) is 10.6. The Balaban J connectivity index is 0.00000420. The molecule has 0 amide bonds. The Labute approximate surface area is 202 Å². The molecule has 0 spiro atoms. The predicted octanol–water partition coefficient (Wildman–Crippen LogP) is 4.98. The molecule has 29 heavy (non-hydrogen) atoms. The summed E-state index contributed by atoms with van der Waals surface area (Å²) in [5.74, 6) is 0.936. The second kappa shape index (κ2) is 13.2. The maximum absolute atomic E-state index is 6.20. The summed E-state index contributed by atoms with van der Waals surface area (Å²) in [6.07, 6.45) is 3.32. The number of nitrogens with one attached hydrogen (secondary N) is 1. The lowest BCUT2D eigenvalue weighted by atomic mass is 9.84. The van der Waals surface area contributed by atoms with Crippen molar-refractivity contribution in [2.24, 2.45) is 4.99 Å². The molecular formula is C21H34Cl2IN3O2. The number of rotatable bonds is 8. The van der Waals surface area contributed by atoms with E-state index in [-0.39, 0.29) is 29.4 Å². The molecule has 0 bridgehead atoms. The fourth-order valence-corrected chi connectivity index (χ4v) is 3.64. The van der Waals surface area contributed by atoms with Crippen molar-refractivity contribution in [1.29, 1.82) is 0 Å². The summed E-state index contributed by atoms with van der Waals surface area (Å²) < 4.78 is 11.0. The largest absolute Gasteiger partial charge is 0.385 e. The average Bonchev–Trinajstić information content (AvgIpc) is 2.68. The van der Waals surface area contributed by atoms with Crippen LogP contribution in [0.2, 0.25) is 10.0 Å². The van der Waals surface area contributed by atoms with Crippen LogP contribution >= 0.6 is 47.2 Å². The Bertz CT molecular complexity index is 651. The van der Waals surface area contributed by atoms with E-state index in [9.17, 15) is 0 Å². The van der Waals surface area contributed by atoms with E-state index in [2.05, 4.69) is 29.1 Å². The average molecular weight is 558 g/mol. The molecule has 1 aliphatic heterocycles. The molecule has 1 N–H and O–H groups in total. The number of hydrogen-bond donors (Lipinski definition) is 1. The number of guanidine groups is 1. The summed E-state index contributed by atoms with van der Waals surface area (Å²) in [5.41, 5.74) is 1.04. The zero-order valence-electron chi connectivity index (χ0n) is 17.8. The van der Waals surface area contributed by atoms with Gasteiger partial charge in [-0.1, -0.05) is 43.1 Å². The van der Waals surface area contributed by atoms with Crippen LogP contribution in [0, 0.1) is 0 Å². The number of piperidine rings is 1. The van der Waals surface area contributed by atoms with E-state index in [1.165, 1.54) is 0 Å². The minimum Gasteiger partial charge on any atom is -0.385 e. The summed E-state index contributed by atoms with van der Waals surface area (Å²) in [7, 11) is 3.56. The molecule has 2 rings (SSSR count). The fourth-order valence-electron chi connectivity index (χ4n) is 3.34. The van der Waals surface area contributed by atoms with Gasteiger partial charge in [-0.3, -0.25) is 4.99 Å². The minimum absolute atomic E-state index is 0. The number of methoxy groups -OCH3 is 1. The highest BCUT2D eigenvalue weighted by atomic mass is 127. The third-order valence-electron chi connectivity index (χ3n) is 5.19. The first kappa shape index (κ1) is 26.8. The highest BCUT2D eigenvalue weighted by Crippen LogP contribution is 2.29. The van der Waals surface area contributed by atoms with E-state index in [0.717, 1.165) is 63.6 Å². The van der Waals surface area contributed by atoms with Crippen molar-refractivity contribution in [2.45, 2.75) is 44.6 Å². The van der Waals surface area contributed by atoms with Gasteiger partial charge in [-0.05, 0) is 37.0 Å². The summed E-state index contributed by atoms with van der Waals surface area (Å²) in [5, 5.41) is 4.70. The Morgan fingerprint density at radius 2 is 1.90 bits per heavy atom. The number of benzene rings is 1. The molecule has 0 saturated carbocycles. The molecule has 1 aliphatic rings. The highest BCUT2D eigenvalue weighted by Gasteiger charge is 2.25. The molecule has 1 saturated heterocycles. The topological polar surface area (TPSA) is 46.1 Å². The second-order valence-corrected chi connectivity index (χ2v) is 8.63. The molecule has 0 unspecified atom stereocenters. The summed E-state index contributed by atoms with van der Waals surface area (Å²) in [6.45, 7) is 8.54. The van der Waals surface area contributed by atoms with Gasteiger partial charge < -0.3 is 19.7 Å². The van der Waals surface area contributed by atoms with Crippen molar-refractivity contribution in [2.75, 3.05) is 47.0 Å². The van der Waals surface area contributed by atoms with Gasteiger partial charge in [-0.2, -0.15) is 0 Å². The molecule has 1 heterocycles. The Kier molecular flexibility index (Phi) is 12.2. The van der Waals surface area contributed by atoms with Crippen molar-refractivity contribution < 1.29 is 9.47 Å². The molecular weight excluding hydrogens is 524 g/mol. The van der Waals surface area contributed by atoms with Gasteiger partial charge in [0.2, 0.25) is 0 Å². The molecule has 0 radical (unpaired) electrons. The summed E-state index contributed by atoms with van der Waals surface area (Å²) in [4.78, 5) is 6.78. The quantitative estimate of drug-likeness (QED) is 0.212. The summed E-state index contributed by atoms with van der Waals surface area (Å²) in [6, 6.07) is 5.83. The van der Waals surface area contributed by atoms with E-state index >= 15 is 0 Å². The third kappa shape index (κ3) is 8.40. The van der Waals surface area contributed by atoms with Crippen molar-refractivity contribution in [3.05, 3.63) is 33.8 Å². The zero-order chi connectivity index (χ0) is 20.6. The van der Waals surface area contributed by atoms with Crippen molar-refractivity contribution in [3.63, 3.8) is 0 Å². The van der Waals surface area contributed by atoms with Gasteiger partial charge in [0.15, 0.2) is 5.96 Å². The van der Waals surface area contributed by atoms with Gasteiger partial charge in [0.05, 0.1) is 16.1 Å². The lowest BCUT2D eigenvalue weighted by Gasteiger charge is -2.35. The first-order valence-electron chi connectivity index (χ1n) is 9.89. The second-order valence-electron chi connectivity index (χ2n) is 7.82. The number of aliphatic imine (C=N–C) groups is 1. The Hall–Kier alpha value is -0.280. The Morgan fingerprint density at radius 3 is 2.48 bits per heavy atom. The van der Waals surface area contributed by atoms with Crippen LogP contribution in [0.3, 0.4) is 0 Å². The summed E-state index contributed by atoms with van der Waals surface area (Å²) >= 11 is 12.2. The van der Waals surface area contributed by atoms with Crippen LogP contribution in [0.1, 0.15) is 38.7 Å². The van der Waals surface area contributed by atoms with Gasteiger partial charge in [-0.15, -0.1) is 24.0 Å². The monoisotopic (exact) mass is 557 g/mol. The maximum Gasteiger partial charge on any atom is 0.193 e. The molecule has 8 heteroatoms. The molecule has 1 fully saturated rings. The minimum atomic E-state index is -0.104. The van der Waals surface area contributed by atoms with Crippen molar-refractivity contribution in [1.82, 2.24) is 10.2 Å². The number of nitrogens with zero attached hydrogens (tertiary/aromatic N) is 2. The Morgan fingerprint density at radius 1 is 1.21 bits per heavy atom. The van der Waals surface area contributed by atoms with Gasteiger partial charge in [0.25, 0.3) is 0 Å². The molecule has 0 aromatic heterocycles. The molecule has 0 atom stereocenters. The van der Waals surface area contributed by atoms with Crippen LogP contribution in [0.15, 0.2) is 23.2 Å². The SMILES string of the molecule is CN=C(NCC(C)(C)c1ccc(Cl)c(Cl)c1)N1CCC(OCCCOC)CC1.I. The number of likely N-dealkylation sites (tertiary alicyclic amines) is 1. The van der Waals surface area contributed by atoms with Gasteiger partial charge >= 0.3 is 0 Å². The van der Waals surface area contributed by atoms with Crippen LogP contribution in [-0.2, 0) is 14.9 Å². The lowest BCUT2D eigenvalue weighted by Crippen LogP contribution is -2.49. The fraction of sp³-hybridized carbons (Fsp3) is 0.667. The van der Waals surface area contributed by atoms with Crippen LogP contribution in [0.4, 0.5) is 0 Å². The van der Waals surface area contributed by atoms with E-state index in [1.807, 2.05) is 25.2 Å². The van der Waals surface area contributed by atoms with Crippen molar-refractivity contribution >= 4 is 53.1 Å². The van der Waals surface area contributed by atoms with Crippen molar-refractivity contribution in [3.8, 4) is 0 Å². The molecule has 1 aromatic rings. The van der Waals surface area contributed by atoms with E-state index in [4.69, 9.17) is 32.7 Å². The van der Waals surface area contributed by atoms with Crippen LogP contribution in [0.5, 0.6) is 0 Å². The van der Waals surface area contributed by atoms with Crippen LogP contribution < -0.4 is 5.32 Å². The number of ether oxygens (including phenoxy) is 2. The maximum atomic E-state index is 6.20. The standard InChI is InChI=1S/C21H33Cl2N3O2.HI/c1-21(2,16-6-7-18(22)19(23)14-16)15-25-20(24-3)26-10-8-17(9-11-26)28-13-5-12-27-4;/h6-7,14,17H,5,8-13,15H2,1-4H3,(H,24,25);1H. The van der Waals surface area contributed by atoms with Crippen LogP contribution in [0.25, 0.3) is 0 Å². The van der Waals surface area contributed by atoms with E-state index in [1.54, 1.807) is 7.11 Å². The van der Waals surface area contributed by atoms with Gasteiger partial charge in [0.1, 0.15) is 0 Å². The van der Waals surface area contributed by atoms with E-state index in [0.29, 0.717) is 16.1 Å². The van der Waals surface area contributed by atoms with Crippen LogP contribution in [-0.4, -0.2) is 64.0 Å². The first-order chi connectivity index (χ1) is 13.4. The highest BCUT2D eigenvalue weighted by molar-refractivity contribution is 14.0. The normalized spacial score (nSPS) is 15.9. The molecule has 166 valence electrons. The molecule has 5 nitrogen and oxygen atoms in total. The zero-order valence-corrected chi connectivity index (χ0v) is 21.7. The number of hydrogen-bond acceptors (Lipinski definition) is 3. The van der Waals surface area contributed by atoms with Gasteiger partial charge in [-0.25, -0.2) is 0 Å².